The fourth-order valence-electron chi connectivity index (χ4n) is 3.49. The topological polar surface area (TPSA) is 43.8 Å². The average Bonchev–Trinajstić information content (AvgIpc) is 2.99. The average molecular weight is 255 g/mol. The lowest BCUT2D eigenvalue weighted by Gasteiger charge is -2.19. The van der Waals surface area contributed by atoms with Crippen LogP contribution in [-0.4, -0.2) is 9.55 Å². The molecule has 100 valence electrons. The van der Waals surface area contributed by atoms with E-state index in [0.29, 0.717) is 12.0 Å². The van der Waals surface area contributed by atoms with E-state index in [1.165, 1.54) is 49.6 Å². The summed E-state index contributed by atoms with van der Waals surface area (Å²) in [4.78, 5) is 4.56. The van der Waals surface area contributed by atoms with E-state index in [-0.39, 0.29) is 6.04 Å². The highest BCUT2D eigenvalue weighted by Gasteiger charge is 2.26. The van der Waals surface area contributed by atoms with Crippen LogP contribution in [0.1, 0.15) is 56.2 Å². The van der Waals surface area contributed by atoms with Crippen LogP contribution < -0.4 is 5.73 Å². The van der Waals surface area contributed by atoms with Crippen molar-refractivity contribution in [2.24, 2.45) is 11.7 Å². The zero-order valence-corrected chi connectivity index (χ0v) is 11.3. The van der Waals surface area contributed by atoms with Crippen LogP contribution in [0.4, 0.5) is 0 Å². The van der Waals surface area contributed by atoms with Crippen molar-refractivity contribution in [3.63, 3.8) is 0 Å². The predicted molar refractivity (Wildman–Crippen MR) is 76.9 cm³/mol. The van der Waals surface area contributed by atoms with Gasteiger partial charge in [-0.3, -0.25) is 0 Å². The highest BCUT2D eigenvalue weighted by Crippen LogP contribution is 2.38. The Morgan fingerprint density at radius 3 is 2.68 bits per heavy atom. The summed E-state index contributed by atoms with van der Waals surface area (Å²) in [6.45, 7) is 0. The second-order valence-electron chi connectivity index (χ2n) is 6.20. The Morgan fingerprint density at radius 2 is 1.95 bits per heavy atom. The molecule has 1 aromatic heterocycles. The summed E-state index contributed by atoms with van der Waals surface area (Å²) in [7, 11) is 0. The van der Waals surface area contributed by atoms with Crippen molar-refractivity contribution in [2.75, 3.05) is 0 Å². The van der Waals surface area contributed by atoms with E-state index < -0.39 is 0 Å². The van der Waals surface area contributed by atoms with Gasteiger partial charge >= 0.3 is 0 Å². The van der Waals surface area contributed by atoms with E-state index in [0.717, 1.165) is 5.52 Å². The third-order valence-corrected chi connectivity index (χ3v) is 4.83. The van der Waals surface area contributed by atoms with Crippen molar-refractivity contribution >= 4 is 11.0 Å². The first-order chi connectivity index (χ1) is 9.33. The van der Waals surface area contributed by atoms with E-state index in [1.54, 1.807) is 0 Å². The molecule has 1 atom stereocenters. The molecule has 2 aromatic rings. The highest BCUT2D eigenvalue weighted by atomic mass is 15.1. The van der Waals surface area contributed by atoms with Gasteiger partial charge in [0, 0.05) is 12.1 Å². The molecule has 0 radical (unpaired) electrons. The lowest BCUT2D eigenvalue weighted by molar-refractivity contribution is 0.445. The molecule has 2 aliphatic carbocycles. The molecular weight excluding hydrogens is 234 g/mol. The van der Waals surface area contributed by atoms with Gasteiger partial charge in [0.15, 0.2) is 0 Å². The van der Waals surface area contributed by atoms with Crippen molar-refractivity contribution in [1.29, 1.82) is 0 Å². The Kier molecular flexibility index (Phi) is 2.62. The summed E-state index contributed by atoms with van der Waals surface area (Å²) in [5, 5.41) is 0. The van der Waals surface area contributed by atoms with Gasteiger partial charge in [0.2, 0.25) is 0 Å². The number of aromatic nitrogens is 2. The van der Waals surface area contributed by atoms with Crippen LogP contribution in [0.15, 0.2) is 24.5 Å². The minimum atomic E-state index is 0.193. The van der Waals surface area contributed by atoms with Gasteiger partial charge < -0.3 is 10.3 Å². The Bertz CT molecular complexity index is 591. The SMILES string of the molecule is NC(c1ccc2c(c1)ncn2C1CC1)C1CCCC1. The van der Waals surface area contributed by atoms with Crippen molar-refractivity contribution in [3.05, 3.63) is 30.1 Å². The molecule has 2 saturated carbocycles. The molecule has 0 aliphatic heterocycles. The molecule has 3 heteroatoms. The zero-order chi connectivity index (χ0) is 12.8. The number of hydrogen-bond donors (Lipinski definition) is 1. The van der Waals surface area contributed by atoms with Crippen molar-refractivity contribution in [3.8, 4) is 0 Å². The fraction of sp³-hybridized carbons (Fsp3) is 0.562. The Labute approximate surface area is 113 Å². The fourth-order valence-corrected chi connectivity index (χ4v) is 3.49. The van der Waals surface area contributed by atoms with Gasteiger partial charge in [0.25, 0.3) is 0 Å². The zero-order valence-electron chi connectivity index (χ0n) is 11.3. The van der Waals surface area contributed by atoms with Crippen molar-refractivity contribution in [1.82, 2.24) is 9.55 Å². The maximum atomic E-state index is 6.44. The number of rotatable bonds is 3. The van der Waals surface area contributed by atoms with Crippen LogP contribution in [0.2, 0.25) is 0 Å². The standard InChI is InChI=1S/C16H21N3/c17-16(11-3-1-2-4-11)12-5-8-15-14(9-12)18-10-19(15)13-6-7-13/h5,8-11,13,16H,1-4,6-7,17H2. The maximum absolute atomic E-state index is 6.44. The second-order valence-corrected chi connectivity index (χ2v) is 6.20. The molecule has 1 unspecified atom stereocenters. The number of nitrogens with two attached hydrogens (primary N) is 1. The Balaban J connectivity index is 1.67. The van der Waals surface area contributed by atoms with Crippen LogP contribution in [0, 0.1) is 5.92 Å². The molecule has 0 amide bonds. The van der Waals surface area contributed by atoms with Crippen molar-refractivity contribution in [2.45, 2.75) is 50.6 Å². The highest BCUT2D eigenvalue weighted by molar-refractivity contribution is 5.76. The molecule has 1 heterocycles. The molecule has 0 spiro atoms. The molecule has 19 heavy (non-hydrogen) atoms. The molecule has 3 nitrogen and oxygen atoms in total. The second kappa shape index (κ2) is 4.34. The quantitative estimate of drug-likeness (QED) is 0.911. The maximum Gasteiger partial charge on any atom is 0.0960 e. The minimum Gasteiger partial charge on any atom is -0.327 e. The van der Waals surface area contributed by atoms with E-state index >= 15 is 0 Å². The Morgan fingerprint density at radius 1 is 1.16 bits per heavy atom. The van der Waals surface area contributed by atoms with Gasteiger partial charge in [-0.2, -0.15) is 0 Å². The predicted octanol–water partition coefficient (Wildman–Crippen LogP) is 3.56. The lowest BCUT2D eigenvalue weighted by atomic mass is 9.92. The molecule has 1 aromatic carbocycles. The molecule has 2 N–H and O–H groups in total. The summed E-state index contributed by atoms with van der Waals surface area (Å²) >= 11 is 0. The summed E-state index contributed by atoms with van der Waals surface area (Å²) in [6.07, 6.45) is 9.86. The normalized spacial score (nSPS) is 22.2. The van der Waals surface area contributed by atoms with E-state index in [9.17, 15) is 0 Å². The number of nitrogens with zero attached hydrogens (tertiary/aromatic N) is 2. The van der Waals surface area contributed by atoms with Crippen LogP contribution in [-0.2, 0) is 0 Å². The van der Waals surface area contributed by atoms with Gasteiger partial charge in [-0.15, -0.1) is 0 Å². The van der Waals surface area contributed by atoms with Crippen LogP contribution >= 0.6 is 0 Å². The van der Waals surface area contributed by atoms with E-state index in [4.69, 9.17) is 5.73 Å². The van der Waals surface area contributed by atoms with Gasteiger partial charge in [-0.1, -0.05) is 18.9 Å². The molecule has 2 fully saturated rings. The number of imidazole rings is 1. The van der Waals surface area contributed by atoms with Gasteiger partial charge in [0.05, 0.1) is 17.4 Å². The molecule has 2 aliphatic rings. The number of hydrogen-bond acceptors (Lipinski definition) is 2. The van der Waals surface area contributed by atoms with Gasteiger partial charge in [0.1, 0.15) is 0 Å². The largest absolute Gasteiger partial charge is 0.327 e. The Hall–Kier alpha value is -1.35. The first-order valence-electron chi connectivity index (χ1n) is 7.55. The molecule has 4 rings (SSSR count). The van der Waals surface area contributed by atoms with E-state index in [2.05, 4.69) is 27.8 Å². The van der Waals surface area contributed by atoms with Crippen molar-refractivity contribution < 1.29 is 0 Å². The molecule has 0 bridgehead atoms. The summed E-state index contributed by atoms with van der Waals surface area (Å²) in [5.41, 5.74) is 10.1. The molecular formula is C16H21N3. The molecule has 0 saturated heterocycles. The third-order valence-electron chi connectivity index (χ3n) is 4.83. The number of fused-ring (bicyclic) bond motifs is 1. The smallest absolute Gasteiger partial charge is 0.0960 e. The van der Waals surface area contributed by atoms with Gasteiger partial charge in [-0.05, 0) is 49.3 Å². The summed E-state index contributed by atoms with van der Waals surface area (Å²) in [5.74, 6) is 0.669. The first-order valence-corrected chi connectivity index (χ1v) is 7.55. The van der Waals surface area contributed by atoms with Crippen LogP contribution in [0.3, 0.4) is 0 Å². The van der Waals surface area contributed by atoms with Gasteiger partial charge in [-0.25, -0.2) is 4.98 Å². The van der Waals surface area contributed by atoms with Crippen LogP contribution in [0.25, 0.3) is 11.0 Å². The third kappa shape index (κ3) is 1.96. The minimum absolute atomic E-state index is 0.193. The summed E-state index contributed by atoms with van der Waals surface area (Å²) in [6, 6.07) is 7.52. The van der Waals surface area contributed by atoms with Crippen LogP contribution in [0.5, 0.6) is 0 Å². The summed E-state index contributed by atoms with van der Waals surface area (Å²) < 4.78 is 2.32. The monoisotopic (exact) mass is 255 g/mol. The van der Waals surface area contributed by atoms with E-state index in [1.807, 2.05) is 6.33 Å². The first kappa shape index (κ1) is 11.5. The lowest BCUT2D eigenvalue weighted by Crippen LogP contribution is -2.18. The number of benzene rings is 1.